The number of alkyl carbamates (subject to hydrolysis) is 1. The average Bonchev–Trinajstić information content (AvgIpc) is 3.18. The second kappa shape index (κ2) is 10.7. The molecule has 34 heavy (non-hydrogen) atoms. The summed E-state index contributed by atoms with van der Waals surface area (Å²) in [4.78, 5) is 37.8. The number of carboxylic acid groups (broad SMARTS) is 1. The van der Waals surface area contributed by atoms with Crippen molar-refractivity contribution in [1.82, 2.24) is 10.2 Å². The summed E-state index contributed by atoms with van der Waals surface area (Å²) in [6, 6.07) is 16.3. The molecule has 2 aliphatic rings. The monoisotopic (exact) mass is 466 g/mol. The standard InChI is InChI=1S/C26H30N2O6/c1-33-18(13-24(29)28-12-6-7-17(15-28)25(30)31)14-27-26(32)34-16-23-21-10-4-2-8-19(21)20-9-3-5-11-22(20)23/h2-5,8-11,17-18,23H,6-7,12-16H2,1H3,(H,27,32)(H,30,31)/t17-,18?/m1/s1. The highest BCUT2D eigenvalue weighted by Gasteiger charge is 2.30. The molecule has 0 bridgehead atoms. The molecule has 0 aromatic heterocycles. The largest absolute Gasteiger partial charge is 0.481 e. The molecule has 4 rings (SSSR count). The van der Waals surface area contributed by atoms with E-state index in [0.29, 0.717) is 19.4 Å². The number of nitrogens with zero attached hydrogens (tertiary/aromatic N) is 1. The van der Waals surface area contributed by atoms with Crippen molar-refractivity contribution in [3.8, 4) is 11.1 Å². The Morgan fingerprint density at radius 2 is 1.74 bits per heavy atom. The van der Waals surface area contributed by atoms with Gasteiger partial charge >= 0.3 is 12.1 Å². The van der Waals surface area contributed by atoms with Gasteiger partial charge < -0.3 is 24.8 Å². The van der Waals surface area contributed by atoms with Crippen LogP contribution in [0.15, 0.2) is 48.5 Å². The summed E-state index contributed by atoms with van der Waals surface area (Å²) in [5.74, 6) is -1.61. The Bertz CT molecular complexity index is 1010. The van der Waals surface area contributed by atoms with Gasteiger partial charge in [-0.15, -0.1) is 0 Å². The maximum Gasteiger partial charge on any atom is 0.407 e. The van der Waals surface area contributed by atoms with Crippen LogP contribution in [0.3, 0.4) is 0 Å². The van der Waals surface area contributed by atoms with E-state index in [4.69, 9.17) is 9.47 Å². The number of carbonyl (C=O) groups is 3. The zero-order chi connectivity index (χ0) is 24.1. The quantitative estimate of drug-likeness (QED) is 0.619. The average molecular weight is 467 g/mol. The number of hydrogen-bond acceptors (Lipinski definition) is 5. The minimum Gasteiger partial charge on any atom is -0.481 e. The molecule has 2 aromatic rings. The van der Waals surface area contributed by atoms with E-state index in [1.165, 1.54) is 7.11 Å². The van der Waals surface area contributed by atoms with E-state index in [1.54, 1.807) is 4.90 Å². The minimum atomic E-state index is -0.877. The topological polar surface area (TPSA) is 105 Å². The third kappa shape index (κ3) is 5.22. The molecule has 1 saturated heterocycles. The number of carbonyl (C=O) groups excluding carboxylic acids is 2. The van der Waals surface area contributed by atoms with Gasteiger partial charge in [0.05, 0.1) is 18.4 Å². The molecule has 1 heterocycles. The van der Waals surface area contributed by atoms with Crippen LogP contribution in [0, 0.1) is 5.92 Å². The molecule has 1 aliphatic carbocycles. The molecule has 0 saturated carbocycles. The minimum absolute atomic E-state index is 0.0285. The molecule has 2 atom stereocenters. The lowest BCUT2D eigenvalue weighted by Gasteiger charge is -2.31. The Balaban J connectivity index is 1.27. The van der Waals surface area contributed by atoms with Crippen molar-refractivity contribution in [3.05, 3.63) is 59.7 Å². The summed E-state index contributed by atoms with van der Waals surface area (Å²) in [6.45, 7) is 1.08. The summed E-state index contributed by atoms with van der Waals surface area (Å²) < 4.78 is 10.9. The fourth-order valence-electron chi connectivity index (χ4n) is 4.81. The second-order valence-corrected chi connectivity index (χ2v) is 8.79. The van der Waals surface area contributed by atoms with Crippen molar-refractivity contribution in [1.29, 1.82) is 0 Å². The van der Waals surface area contributed by atoms with Gasteiger partial charge in [-0.2, -0.15) is 0 Å². The predicted molar refractivity (Wildman–Crippen MR) is 125 cm³/mol. The van der Waals surface area contributed by atoms with E-state index in [9.17, 15) is 19.5 Å². The summed E-state index contributed by atoms with van der Waals surface area (Å²) in [5.41, 5.74) is 4.59. The summed E-state index contributed by atoms with van der Waals surface area (Å²) in [6.07, 6.45) is 0.208. The van der Waals surface area contributed by atoms with Crippen LogP contribution >= 0.6 is 0 Å². The molecule has 1 unspecified atom stereocenters. The van der Waals surface area contributed by atoms with Gasteiger partial charge in [0.1, 0.15) is 6.61 Å². The van der Waals surface area contributed by atoms with Gasteiger partial charge in [-0.3, -0.25) is 9.59 Å². The van der Waals surface area contributed by atoms with Crippen molar-refractivity contribution in [2.45, 2.75) is 31.3 Å². The summed E-state index contributed by atoms with van der Waals surface area (Å²) in [5, 5.41) is 11.9. The zero-order valence-corrected chi connectivity index (χ0v) is 19.2. The highest BCUT2D eigenvalue weighted by atomic mass is 16.5. The number of aliphatic carboxylic acids is 1. The van der Waals surface area contributed by atoms with Gasteiger partial charge in [-0.1, -0.05) is 48.5 Å². The predicted octanol–water partition coefficient (Wildman–Crippen LogP) is 3.25. The number of hydrogen-bond donors (Lipinski definition) is 2. The Morgan fingerprint density at radius 1 is 1.09 bits per heavy atom. The van der Waals surface area contributed by atoms with Gasteiger partial charge in [0.15, 0.2) is 0 Å². The Hall–Kier alpha value is -3.39. The van der Waals surface area contributed by atoms with Crippen molar-refractivity contribution >= 4 is 18.0 Å². The SMILES string of the molecule is COC(CNC(=O)OCC1c2ccccc2-c2ccccc21)CC(=O)N1CCC[C@@H](C(=O)O)C1. The van der Waals surface area contributed by atoms with E-state index in [1.807, 2.05) is 24.3 Å². The fourth-order valence-corrected chi connectivity index (χ4v) is 4.81. The smallest absolute Gasteiger partial charge is 0.407 e. The number of methoxy groups -OCH3 is 1. The molecule has 1 aliphatic heterocycles. The molecule has 0 spiro atoms. The molecular weight excluding hydrogens is 436 g/mol. The number of piperidine rings is 1. The van der Waals surface area contributed by atoms with E-state index >= 15 is 0 Å². The van der Waals surface area contributed by atoms with Crippen LogP contribution in [0.2, 0.25) is 0 Å². The first-order chi connectivity index (χ1) is 16.5. The number of ether oxygens (including phenoxy) is 2. The van der Waals surface area contributed by atoms with Crippen LogP contribution < -0.4 is 5.32 Å². The number of nitrogens with one attached hydrogen (secondary N) is 1. The lowest BCUT2D eigenvalue weighted by atomic mass is 9.98. The number of likely N-dealkylation sites (tertiary alicyclic amines) is 1. The molecule has 2 N–H and O–H groups in total. The number of rotatable bonds is 8. The maximum absolute atomic E-state index is 12.6. The maximum atomic E-state index is 12.6. The van der Waals surface area contributed by atoms with Gasteiger partial charge in [-0.25, -0.2) is 4.79 Å². The summed E-state index contributed by atoms with van der Waals surface area (Å²) in [7, 11) is 1.48. The normalized spacial score (nSPS) is 18.0. The van der Waals surface area contributed by atoms with Gasteiger partial charge in [0, 0.05) is 32.7 Å². The second-order valence-electron chi connectivity index (χ2n) is 8.79. The van der Waals surface area contributed by atoms with Crippen molar-refractivity contribution < 1.29 is 29.0 Å². The van der Waals surface area contributed by atoms with E-state index in [-0.39, 0.29) is 37.9 Å². The van der Waals surface area contributed by atoms with Crippen molar-refractivity contribution in [2.75, 3.05) is 33.4 Å². The molecule has 2 amide bonds. The van der Waals surface area contributed by atoms with Crippen LogP contribution in [0.5, 0.6) is 0 Å². The third-order valence-corrected chi connectivity index (χ3v) is 6.68. The number of amides is 2. The zero-order valence-electron chi connectivity index (χ0n) is 19.2. The molecule has 8 heteroatoms. The number of carboxylic acids is 1. The number of benzene rings is 2. The molecule has 8 nitrogen and oxygen atoms in total. The van der Waals surface area contributed by atoms with E-state index in [2.05, 4.69) is 29.6 Å². The lowest BCUT2D eigenvalue weighted by Crippen LogP contribution is -2.44. The molecular formula is C26H30N2O6. The molecule has 1 fully saturated rings. The molecule has 0 radical (unpaired) electrons. The van der Waals surface area contributed by atoms with E-state index < -0.39 is 24.1 Å². The van der Waals surface area contributed by atoms with Gasteiger partial charge in [-0.05, 0) is 35.1 Å². The summed E-state index contributed by atoms with van der Waals surface area (Å²) >= 11 is 0. The molecule has 180 valence electrons. The van der Waals surface area contributed by atoms with Crippen LogP contribution in [0.4, 0.5) is 4.79 Å². The van der Waals surface area contributed by atoms with Gasteiger partial charge in [0.25, 0.3) is 0 Å². The molecule has 2 aromatic carbocycles. The Morgan fingerprint density at radius 3 is 2.35 bits per heavy atom. The van der Waals surface area contributed by atoms with Gasteiger partial charge in [0.2, 0.25) is 5.91 Å². The third-order valence-electron chi connectivity index (χ3n) is 6.68. The first kappa shape index (κ1) is 23.8. The van der Waals surface area contributed by atoms with E-state index in [0.717, 1.165) is 22.3 Å². The highest BCUT2D eigenvalue weighted by Crippen LogP contribution is 2.44. The number of fused-ring (bicyclic) bond motifs is 3. The lowest BCUT2D eigenvalue weighted by molar-refractivity contribution is -0.146. The van der Waals surface area contributed by atoms with Crippen LogP contribution in [-0.4, -0.2) is 67.4 Å². The highest BCUT2D eigenvalue weighted by molar-refractivity contribution is 5.79. The Kier molecular flexibility index (Phi) is 7.47. The van der Waals surface area contributed by atoms with Crippen LogP contribution in [-0.2, 0) is 19.1 Å². The fraction of sp³-hybridized carbons (Fsp3) is 0.423. The van der Waals surface area contributed by atoms with Crippen molar-refractivity contribution in [2.24, 2.45) is 5.92 Å². The van der Waals surface area contributed by atoms with Crippen LogP contribution in [0.1, 0.15) is 36.3 Å². The first-order valence-electron chi connectivity index (χ1n) is 11.6. The Labute approximate surface area is 198 Å². The van der Waals surface area contributed by atoms with Crippen LogP contribution in [0.25, 0.3) is 11.1 Å². The van der Waals surface area contributed by atoms with Crippen molar-refractivity contribution in [3.63, 3.8) is 0 Å². The first-order valence-corrected chi connectivity index (χ1v) is 11.6.